The Balaban J connectivity index is 1.39. The highest BCUT2D eigenvalue weighted by Crippen LogP contribution is 2.35. The molecule has 4 nitrogen and oxygen atoms in total. The lowest BCUT2D eigenvalue weighted by Gasteiger charge is -2.30. The van der Waals surface area contributed by atoms with Crippen molar-refractivity contribution in [3.63, 3.8) is 0 Å². The zero-order chi connectivity index (χ0) is 16.8. The second kappa shape index (κ2) is 8.63. The van der Waals surface area contributed by atoms with E-state index >= 15 is 0 Å². The predicted octanol–water partition coefficient (Wildman–Crippen LogP) is 2.83. The molecule has 3 rings (SSSR count). The summed E-state index contributed by atoms with van der Waals surface area (Å²) in [5.41, 5.74) is 7.60. The number of hydrogen-bond acceptors (Lipinski definition) is 3. The van der Waals surface area contributed by atoms with Crippen LogP contribution in [-0.4, -0.2) is 31.7 Å². The van der Waals surface area contributed by atoms with E-state index in [1.54, 1.807) is 0 Å². The van der Waals surface area contributed by atoms with Crippen molar-refractivity contribution in [2.24, 2.45) is 17.6 Å². The van der Waals surface area contributed by atoms with Crippen LogP contribution in [0.15, 0.2) is 30.3 Å². The van der Waals surface area contributed by atoms with Crippen LogP contribution in [0, 0.1) is 11.8 Å². The fourth-order valence-electron chi connectivity index (χ4n) is 4.08. The van der Waals surface area contributed by atoms with Crippen molar-refractivity contribution in [1.29, 1.82) is 0 Å². The van der Waals surface area contributed by atoms with E-state index in [1.807, 2.05) is 0 Å². The number of ether oxygens (including phenoxy) is 1. The summed E-state index contributed by atoms with van der Waals surface area (Å²) in [4.78, 5) is 12.3. The Morgan fingerprint density at radius 1 is 1.08 bits per heavy atom. The van der Waals surface area contributed by atoms with Gasteiger partial charge in [0, 0.05) is 19.8 Å². The monoisotopic (exact) mass is 330 g/mol. The Bertz CT molecular complexity index is 506. The minimum atomic E-state index is -0.380. The number of hydrogen-bond donors (Lipinski definition) is 2. The second-order valence-corrected chi connectivity index (χ2v) is 7.35. The van der Waals surface area contributed by atoms with Crippen LogP contribution in [0.3, 0.4) is 0 Å². The lowest BCUT2D eigenvalue weighted by atomic mass is 9.78. The van der Waals surface area contributed by atoms with Gasteiger partial charge in [-0.05, 0) is 61.8 Å². The largest absolute Gasteiger partial charge is 0.381 e. The summed E-state index contributed by atoms with van der Waals surface area (Å²) in [6.45, 7) is 2.24. The zero-order valence-corrected chi connectivity index (χ0v) is 14.5. The van der Waals surface area contributed by atoms with Crippen LogP contribution in [0.4, 0.5) is 0 Å². The van der Waals surface area contributed by atoms with E-state index in [9.17, 15) is 4.79 Å². The lowest BCUT2D eigenvalue weighted by Crippen LogP contribution is -2.48. The normalized spacial score (nSPS) is 26.7. The van der Waals surface area contributed by atoms with Gasteiger partial charge in [-0.1, -0.05) is 30.3 Å². The average molecular weight is 330 g/mol. The first-order valence-corrected chi connectivity index (χ1v) is 9.40. The number of benzene rings is 1. The molecular weight excluding hydrogens is 300 g/mol. The molecule has 1 aromatic carbocycles. The first-order chi connectivity index (χ1) is 11.7. The second-order valence-electron chi connectivity index (χ2n) is 7.35. The number of amides is 1. The van der Waals surface area contributed by atoms with E-state index in [0.29, 0.717) is 11.8 Å². The van der Waals surface area contributed by atoms with Crippen molar-refractivity contribution in [2.45, 2.75) is 50.5 Å². The molecule has 1 saturated heterocycles. The third-order valence-electron chi connectivity index (χ3n) is 5.76. The minimum Gasteiger partial charge on any atom is -0.381 e. The van der Waals surface area contributed by atoms with Gasteiger partial charge in [0.25, 0.3) is 0 Å². The molecule has 2 aliphatic rings. The van der Waals surface area contributed by atoms with Gasteiger partial charge in [0.05, 0.1) is 6.04 Å². The van der Waals surface area contributed by atoms with Crippen molar-refractivity contribution in [1.82, 2.24) is 5.32 Å². The van der Waals surface area contributed by atoms with E-state index < -0.39 is 0 Å². The molecule has 0 bridgehead atoms. The summed E-state index contributed by atoms with van der Waals surface area (Å²) in [7, 11) is 0. The zero-order valence-electron chi connectivity index (χ0n) is 14.5. The predicted molar refractivity (Wildman–Crippen MR) is 95.7 cm³/mol. The van der Waals surface area contributed by atoms with Gasteiger partial charge in [-0.25, -0.2) is 0 Å². The molecule has 1 unspecified atom stereocenters. The van der Waals surface area contributed by atoms with Gasteiger partial charge < -0.3 is 15.8 Å². The Hall–Kier alpha value is -1.39. The molecule has 1 aromatic rings. The van der Waals surface area contributed by atoms with Gasteiger partial charge in [-0.3, -0.25) is 4.79 Å². The van der Waals surface area contributed by atoms with E-state index in [4.69, 9.17) is 10.5 Å². The summed E-state index contributed by atoms with van der Waals surface area (Å²) in [5.74, 6) is 1.57. The van der Waals surface area contributed by atoms with Gasteiger partial charge in [-0.2, -0.15) is 0 Å². The molecule has 3 N–H and O–H groups in total. The molecule has 4 heteroatoms. The summed E-state index contributed by atoms with van der Waals surface area (Å²) >= 11 is 0. The van der Waals surface area contributed by atoms with Gasteiger partial charge in [-0.15, -0.1) is 0 Å². The molecule has 0 aromatic heterocycles. The van der Waals surface area contributed by atoms with Gasteiger partial charge in [0.15, 0.2) is 0 Å². The van der Waals surface area contributed by atoms with Crippen molar-refractivity contribution in [3.8, 4) is 0 Å². The maximum atomic E-state index is 12.3. The number of nitrogens with two attached hydrogens (primary N) is 1. The maximum absolute atomic E-state index is 12.3. The first kappa shape index (κ1) is 17.4. The van der Waals surface area contributed by atoms with Crippen LogP contribution >= 0.6 is 0 Å². The average Bonchev–Trinajstić information content (AvgIpc) is 2.67. The molecule has 0 radical (unpaired) electrons. The van der Waals surface area contributed by atoms with E-state index in [0.717, 1.165) is 32.6 Å². The highest BCUT2D eigenvalue weighted by Gasteiger charge is 2.28. The van der Waals surface area contributed by atoms with E-state index in [2.05, 4.69) is 35.6 Å². The van der Waals surface area contributed by atoms with Crippen molar-refractivity contribution in [3.05, 3.63) is 35.9 Å². The summed E-state index contributed by atoms with van der Waals surface area (Å²) in [6.07, 6.45) is 6.61. The van der Waals surface area contributed by atoms with Crippen LogP contribution in [0.25, 0.3) is 0 Å². The third kappa shape index (κ3) is 4.58. The Morgan fingerprint density at radius 3 is 2.42 bits per heavy atom. The van der Waals surface area contributed by atoms with Crippen LogP contribution in [-0.2, 0) is 9.53 Å². The Labute approximate surface area is 145 Å². The highest BCUT2D eigenvalue weighted by atomic mass is 16.5. The maximum Gasteiger partial charge on any atom is 0.237 e. The number of rotatable bonds is 5. The van der Waals surface area contributed by atoms with Crippen molar-refractivity contribution in [2.75, 3.05) is 19.8 Å². The number of carbonyl (C=O) groups excluding carboxylic acids is 1. The fourth-order valence-corrected chi connectivity index (χ4v) is 4.08. The van der Waals surface area contributed by atoms with E-state index in [1.165, 1.54) is 31.2 Å². The fraction of sp³-hybridized carbons (Fsp3) is 0.650. The lowest BCUT2D eigenvalue weighted by molar-refractivity contribution is -0.124. The molecule has 1 saturated carbocycles. The topological polar surface area (TPSA) is 64.4 Å². The standard InChI is InChI=1S/C20H30N2O2/c21-19(18-10-12-24-13-11-18)20(23)22-14-15-6-8-17(9-7-15)16-4-2-1-3-5-16/h1-5,15,17-19H,6-14,21H2,(H,22,23). The van der Waals surface area contributed by atoms with Crippen LogP contribution in [0.1, 0.15) is 50.0 Å². The molecule has 1 aliphatic carbocycles. The van der Waals surface area contributed by atoms with Gasteiger partial charge >= 0.3 is 0 Å². The van der Waals surface area contributed by atoms with E-state index in [-0.39, 0.29) is 17.9 Å². The van der Waals surface area contributed by atoms with Crippen LogP contribution < -0.4 is 11.1 Å². The SMILES string of the molecule is NC(C(=O)NCC1CCC(c2ccccc2)CC1)C1CCOCC1. The molecule has 1 aliphatic heterocycles. The molecular formula is C20H30N2O2. The molecule has 24 heavy (non-hydrogen) atoms. The Morgan fingerprint density at radius 2 is 1.75 bits per heavy atom. The molecule has 2 fully saturated rings. The van der Waals surface area contributed by atoms with Crippen LogP contribution in [0.2, 0.25) is 0 Å². The minimum absolute atomic E-state index is 0.0204. The third-order valence-corrected chi connectivity index (χ3v) is 5.76. The highest BCUT2D eigenvalue weighted by molar-refractivity contribution is 5.81. The molecule has 132 valence electrons. The number of nitrogens with one attached hydrogen (secondary N) is 1. The Kier molecular flexibility index (Phi) is 6.27. The molecule has 1 amide bonds. The summed E-state index contributed by atoms with van der Waals surface area (Å²) in [5, 5.41) is 3.10. The summed E-state index contributed by atoms with van der Waals surface area (Å²) in [6, 6.07) is 10.4. The molecule has 1 atom stereocenters. The number of carbonyl (C=O) groups is 1. The first-order valence-electron chi connectivity index (χ1n) is 9.40. The van der Waals surface area contributed by atoms with Crippen LogP contribution in [0.5, 0.6) is 0 Å². The quantitative estimate of drug-likeness (QED) is 0.872. The van der Waals surface area contributed by atoms with Gasteiger partial charge in [0.2, 0.25) is 5.91 Å². The summed E-state index contributed by atoms with van der Waals surface area (Å²) < 4.78 is 5.34. The van der Waals surface area contributed by atoms with Crippen molar-refractivity contribution >= 4 is 5.91 Å². The van der Waals surface area contributed by atoms with Gasteiger partial charge in [0.1, 0.15) is 0 Å². The molecule has 1 heterocycles. The smallest absolute Gasteiger partial charge is 0.237 e. The molecule has 0 spiro atoms. The van der Waals surface area contributed by atoms with Crippen molar-refractivity contribution < 1.29 is 9.53 Å².